The average Bonchev–Trinajstić information content (AvgIpc) is 4.23. The van der Waals surface area contributed by atoms with Crippen molar-refractivity contribution in [3.63, 3.8) is 0 Å². The van der Waals surface area contributed by atoms with Crippen LogP contribution in [-0.4, -0.2) is 168 Å². The van der Waals surface area contributed by atoms with Gasteiger partial charge in [-0.3, -0.25) is 32.5 Å². The number of nitrogens with one attached hydrogen (secondary N) is 2. The van der Waals surface area contributed by atoms with Gasteiger partial charge in [-0.15, -0.1) is 0 Å². The molecule has 4 unspecified atom stereocenters. The van der Waals surface area contributed by atoms with Gasteiger partial charge >= 0.3 is 23.5 Å². The van der Waals surface area contributed by atoms with E-state index < -0.39 is 114 Å². The molecule has 2 aromatic rings. The molecule has 32 heteroatoms. The molecule has 4 aliphatic carbocycles. The van der Waals surface area contributed by atoms with Gasteiger partial charge in [0.1, 0.15) is 36.3 Å². The third kappa shape index (κ3) is 14.5. The van der Waals surface area contributed by atoms with Crippen LogP contribution in [0.15, 0.2) is 12.7 Å². The summed E-state index contributed by atoms with van der Waals surface area (Å²) >= 11 is 0.968. The number of phosphoric acid groups is 3. The minimum Gasteiger partial charge on any atom is -0.393 e. The van der Waals surface area contributed by atoms with E-state index in [1.54, 1.807) is 6.92 Å². The molecule has 0 spiro atoms. The second-order valence-corrected chi connectivity index (χ2v) is 29.7. The molecule has 1 saturated heterocycles. The first-order valence-electron chi connectivity index (χ1n) is 27.3. The number of hydrogen-bond donors (Lipinski definition) is 13. The number of amides is 2. The van der Waals surface area contributed by atoms with Gasteiger partial charge in [-0.1, -0.05) is 60.2 Å². The fourth-order valence-corrected chi connectivity index (χ4v) is 17.7. The van der Waals surface area contributed by atoms with Crippen molar-refractivity contribution in [2.24, 2.45) is 57.2 Å². The molecule has 0 bridgehead atoms. The van der Waals surface area contributed by atoms with Gasteiger partial charge in [0.15, 0.2) is 22.8 Å². The number of carbonyl (C=O) groups excluding carboxylic acids is 3. The van der Waals surface area contributed by atoms with E-state index in [1.165, 1.54) is 13.8 Å². The van der Waals surface area contributed by atoms with Crippen LogP contribution in [0.1, 0.15) is 119 Å². The number of aliphatic hydroxyl groups is 6. The van der Waals surface area contributed by atoms with E-state index in [9.17, 15) is 78.3 Å². The summed E-state index contributed by atoms with van der Waals surface area (Å²) in [6.07, 6.45) is -3.04. The number of hydrogen-bond acceptors (Lipinski definition) is 22. The van der Waals surface area contributed by atoms with Crippen molar-refractivity contribution in [3.05, 3.63) is 12.7 Å². The number of nitrogens with zero attached hydrogens (tertiary/aromatic N) is 4. The highest BCUT2D eigenvalue weighted by atomic mass is 32.2. The van der Waals surface area contributed by atoms with Crippen molar-refractivity contribution in [1.29, 1.82) is 0 Å². The smallest absolute Gasteiger partial charge is 0.393 e. The molecule has 4 saturated carbocycles. The normalized spacial score (nSPS) is 35.3. The molecule has 1 aliphatic heterocycles. The van der Waals surface area contributed by atoms with Crippen LogP contribution in [0.2, 0.25) is 0 Å². The van der Waals surface area contributed by atoms with Crippen LogP contribution < -0.4 is 16.4 Å². The number of ether oxygens (including phenoxy) is 1. The number of nitrogens with two attached hydrogens (primary N) is 1. The Morgan fingerprint density at radius 1 is 0.926 bits per heavy atom. The zero-order valence-electron chi connectivity index (χ0n) is 46.5. The first kappa shape index (κ1) is 65.9. The molecule has 2 amide bonds. The molecule has 7 rings (SSSR count). The average molecular weight is 1230 g/mol. The summed E-state index contributed by atoms with van der Waals surface area (Å²) in [5.74, 6) is -1.34. The van der Waals surface area contributed by atoms with E-state index >= 15 is 0 Å². The van der Waals surface area contributed by atoms with Crippen molar-refractivity contribution in [1.82, 2.24) is 30.2 Å². The number of nitrogen functional groups attached to an aromatic ring is 1. The second kappa shape index (κ2) is 25.4. The Morgan fingerprint density at radius 2 is 1.62 bits per heavy atom. The molecular weight excluding hydrogens is 1150 g/mol. The first-order valence-corrected chi connectivity index (χ1v) is 32.8. The van der Waals surface area contributed by atoms with E-state index in [2.05, 4.69) is 62.1 Å². The zero-order chi connectivity index (χ0) is 60.0. The SMILES string of the molecule is CC(C(=O)SCCNC(=O)CCNC(=O)[C@H](O)C(C)(C)COP(=O)(O)OP(=O)(O)OC[C@H]1O[C@@H](n2cnc3c(N)ncnc32)[C@H](O)[C@@H]1OP(=O)(O)O)C(O)CC[C@@H](C)[C@H]1CC[C@H]2[C@@H]3[C@H](O)C[C@]4(C)C[C@H](O)CC[C@]4(C)[C@H]3C[C@H](O)[C@]12C. The predicted molar refractivity (Wildman–Crippen MR) is 289 cm³/mol. The highest BCUT2D eigenvalue weighted by molar-refractivity contribution is 8.13. The molecule has 5 fully saturated rings. The molecule has 20 atom stereocenters. The van der Waals surface area contributed by atoms with E-state index in [4.69, 9.17) is 19.5 Å². The van der Waals surface area contributed by atoms with E-state index in [1.807, 2.05) is 0 Å². The van der Waals surface area contributed by atoms with Gasteiger partial charge in [0, 0.05) is 30.7 Å². The lowest BCUT2D eigenvalue weighted by Crippen LogP contribution is -2.65. The Hall–Kier alpha value is -2.60. The lowest BCUT2D eigenvalue weighted by atomic mass is 9.39. The van der Waals surface area contributed by atoms with Gasteiger partial charge < -0.3 is 71.3 Å². The summed E-state index contributed by atoms with van der Waals surface area (Å²) in [5, 5.41) is 72.1. The molecule has 14 N–H and O–H groups in total. The molecule has 3 heterocycles. The summed E-state index contributed by atoms with van der Waals surface area (Å²) in [6.45, 7) is 10.8. The van der Waals surface area contributed by atoms with Crippen molar-refractivity contribution in [2.75, 3.05) is 37.8 Å². The number of rotatable bonds is 25. The summed E-state index contributed by atoms with van der Waals surface area (Å²) in [7, 11) is -16.5. The summed E-state index contributed by atoms with van der Waals surface area (Å²) in [4.78, 5) is 90.0. The van der Waals surface area contributed by atoms with Crippen LogP contribution >= 0.6 is 35.2 Å². The van der Waals surface area contributed by atoms with Crippen LogP contribution in [0.4, 0.5) is 5.82 Å². The maximum absolute atomic E-state index is 13.1. The molecule has 0 radical (unpaired) electrons. The van der Waals surface area contributed by atoms with Crippen LogP contribution in [0.5, 0.6) is 0 Å². The van der Waals surface area contributed by atoms with Crippen LogP contribution in [0, 0.1) is 57.2 Å². The lowest BCUT2D eigenvalue weighted by Gasteiger charge is -2.67. The number of fused-ring (bicyclic) bond motifs is 6. The first-order chi connectivity index (χ1) is 37.5. The van der Waals surface area contributed by atoms with E-state index in [0.29, 0.717) is 32.1 Å². The van der Waals surface area contributed by atoms with Crippen LogP contribution in [0.25, 0.3) is 11.2 Å². The molecular formula is C49H82N7O21P3S. The van der Waals surface area contributed by atoms with Gasteiger partial charge in [0.05, 0.1) is 49.9 Å². The van der Waals surface area contributed by atoms with Gasteiger partial charge in [-0.25, -0.2) is 28.6 Å². The zero-order valence-corrected chi connectivity index (χ0v) is 50.0. The highest BCUT2D eigenvalue weighted by Gasteiger charge is 2.68. The number of aromatic nitrogens is 4. The monoisotopic (exact) mass is 1230 g/mol. The molecule has 5 aliphatic rings. The van der Waals surface area contributed by atoms with E-state index in [0.717, 1.165) is 54.7 Å². The minimum absolute atomic E-state index is 0.0196. The number of anilines is 1. The Bertz CT molecular complexity index is 2730. The van der Waals surface area contributed by atoms with E-state index in [-0.39, 0.29) is 93.9 Å². The van der Waals surface area contributed by atoms with Crippen molar-refractivity contribution in [3.8, 4) is 0 Å². The van der Waals surface area contributed by atoms with Crippen LogP contribution in [-0.2, 0) is 50.7 Å². The topological polar surface area (TPSA) is 445 Å². The number of aliphatic hydroxyl groups excluding tert-OH is 6. The molecule has 28 nitrogen and oxygen atoms in total. The van der Waals surface area contributed by atoms with Gasteiger partial charge in [0.2, 0.25) is 11.8 Å². The number of imidazole rings is 1. The van der Waals surface area contributed by atoms with Crippen molar-refractivity contribution >= 4 is 69.1 Å². The molecule has 81 heavy (non-hydrogen) atoms. The van der Waals surface area contributed by atoms with Gasteiger partial charge in [0.25, 0.3) is 0 Å². The fourth-order valence-electron chi connectivity index (χ4n) is 14.0. The van der Waals surface area contributed by atoms with Gasteiger partial charge in [-0.2, -0.15) is 4.31 Å². The highest BCUT2D eigenvalue weighted by Crippen LogP contribution is 2.71. The molecule has 460 valence electrons. The standard InChI is InChI=1S/C49H82N7O21P3S/c1-25(28-9-10-29-36-30(18-34(60)49(28,29)7)48(6)14-12-27(57)19-47(48,5)20-32(36)59)8-11-31(58)26(2)45(65)81-17-16-51-35(61)13-15-52-43(64)40(63)46(3,4)22-74-80(71,72)77-79(69,70)73-21-33-39(76-78(66,67)68)38(62)44(75-33)56-24-55-37-41(50)53-23-54-42(37)56/h23-34,36,38-40,44,57-60,62-63H,8-22H2,1-7H3,(H,51,61)(H,52,64)(H,69,70)(H,71,72)(H2,50,53,54)(H2,66,67,68)/t25-,26?,27-,28-,29+,30+,31?,32-,33-,34+,36+,38-,39-,40+,44-,47+,48-,49-/m1/s1. The maximum Gasteiger partial charge on any atom is 0.481 e. The fraction of sp³-hybridized carbons (Fsp3) is 0.837. The number of carbonyl (C=O) groups is 3. The Labute approximate surface area is 473 Å². The largest absolute Gasteiger partial charge is 0.481 e. The Morgan fingerprint density at radius 3 is 2.31 bits per heavy atom. The summed E-state index contributed by atoms with van der Waals surface area (Å²) in [6, 6.07) is 0. The lowest BCUT2D eigenvalue weighted by molar-refractivity contribution is -0.233. The van der Waals surface area contributed by atoms with Gasteiger partial charge in [-0.05, 0) is 104 Å². The summed E-state index contributed by atoms with van der Waals surface area (Å²) in [5.41, 5.74) is 3.54. The third-order valence-electron chi connectivity index (χ3n) is 18.8. The maximum atomic E-state index is 13.1. The third-order valence-corrected chi connectivity index (χ3v) is 23.0. The number of phosphoric ester groups is 3. The molecule has 0 aromatic carbocycles. The predicted octanol–water partition coefficient (Wildman–Crippen LogP) is 2.43. The second-order valence-electron chi connectivity index (χ2n) is 24.4. The Kier molecular flexibility index (Phi) is 20.7. The van der Waals surface area contributed by atoms with Crippen LogP contribution in [0.3, 0.4) is 0 Å². The minimum atomic E-state index is -5.62. The van der Waals surface area contributed by atoms with Crippen molar-refractivity contribution < 1.29 is 101 Å². The Balaban J connectivity index is 0.783. The quantitative estimate of drug-likeness (QED) is 0.0501. The molecule has 2 aromatic heterocycles. The number of thioether (sulfide) groups is 1. The summed E-state index contributed by atoms with van der Waals surface area (Å²) < 4.78 is 62.8. The van der Waals surface area contributed by atoms with Crippen molar-refractivity contribution in [2.45, 2.75) is 168 Å².